The number of aromatic nitrogens is 2. The molecular formula is C21H18FN3O2. The van der Waals surface area contributed by atoms with Crippen LogP contribution in [0.15, 0.2) is 65.6 Å². The van der Waals surface area contributed by atoms with Gasteiger partial charge in [-0.15, -0.1) is 0 Å². The fourth-order valence-electron chi connectivity index (χ4n) is 3.31. The Morgan fingerprint density at radius 3 is 2.70 bits per heavy atom. The Bertz CT molecular complexity index is 1220. The lowest BCUT2D eigenvalue weighted by Gasteiger charge is -2.13. The topological polar surface area (TPSA) is 55.5 Å². The third-order valence-corrected chi connectivity index (χ3v) is 4.57. The van der Waals surface area contributed by atoms with Crippen LogP contribution in [0.5, 0.6) is 0 Å². The fourth-order valence-corrected chi connectivity index (χ4v) is 3.31. The van der Waals surface area contributed by atoms with Gasteiger partial charge in [0, 0.05) is 24.8 Å². The summed E-state index contributed by atoms with van der Waals surface area (Å²) in [5, 5.41) is 2.83. The first kappa shape index (κ1) is 17.0. The lowest BCUT2D eigenvalue weighted by molar-refractivity contribution is -0.116. The van der Waals surface area contributed by atoms with E-state index in [0.717, 1.165) is 11.1 Å². The van der Waals surface area contributed by atoms with Gasteiger partial charge in [-0.1, -0.05) is 12.1 Å². The maximum atomic E-state index is 13.8. The monoisotopic (exact) mass is 363 g/mol. The summed E-state index contributed by atoms with van der Waals surface area (Å²) in [4.78, 5) is 25.1. The molecule has 0 spiro atoms. The molecule has 27 heavy (non-hydrogen) atoms. The number of amides is 1. The molecule has 2 aromatic carbocycles. The van der Waals surface area contributed by atoms with Gasteiger partial charge in [0.15, 0.2) is 0 Å². The zero-order chi connectivity index (χ0) is 19.0. The van der Waals surface area contributed by atoms with Gasteiger partial charge in [0.05, 0.1) is 11.0 Å². The van der Waals surface area contributed by atoms with Crippen molar-refractivity contribution >= 4 is 28.1 Å². The molecular weight excluding hydrogens is 345 g/mol. The molecule has 4 rings (SSSR count). The molecule has 0 aliphatic heterocycles. The number of hydrogen-bond donors (Lipinski definition) is 1. The molecule has 0 aliphatic rings. The molecule has 6 heteroatoms. The summed E-state index contributed by atoms with van der Waals surface area (Å²) in [5.74, 6) is -0.626. The van der Waals surface area contributed by atoms with Crippen LogP contribution in [0.4, 0.5) is 10.1 Å². The molecule has 0 fully saturated rings. The number of benzene rings is 2. The van der Waals surface area contributed by atoms with Crippen LogP contribution in [0.3, 0.4) is 0 Å². The minimum Gasteiger partial charge on any atom is -0.326 e. The molecule has 0 unspecified atom stereocenters. The van der Waals surface area contributed by atoms with Crippen molar-refractivity contribution in [2.24, 2.45) is 0 Å². The van der Waals surface area contributed by atoms with Gasteiger partial charge in [0.2, 0.25) is 5.91 Å². The van der Waals surface area contributed by atoms with E-state index in [9.17, 15) is 14.0 Å². The zero-order valence-electron chi connectivity index (χ0n) is 14.8. The number of carbonyl (C=O) groups excluding carboxylic acids is 1. The largest absolute Gasteiger partial charge is 0.326 e. The van der Waals surface area contributed by atoms with Gasteiger partial charge in [-0.25, -0.2) is 4.39 Å². The van der Waals surface area contributed by atoms with E-state index < -0.39 is 5.82 Å². The van der Waals surface area contributed by atoms with Crippen molar-refractivity contribution in [3.05, 3.63) is 82.5 Å². The number of nitrogens with zero attached hydrogens (tertiary/aromatic N) is 2. The van der Waals surface area contributed by atoms with Crippen molar-refractivity contribution in [3.63, 3.8) is 0 Å². The minimum atomic E-state index is -0.425. The van der Waals surface area contributed by atoms with Crippen LogP contribution < -0.4 is 10.9 Å². The van der Waals surface area contributed by atoms with E-state index in [1.807, 2.05) is 31.2 Å². The van der Waals surface area contributed by atoms with Crippen molar-refractivity contribution in [3.8, 4) is 0 Å². The zero-order valence-corrected chi connectivity index (χ0v) is 14.8. The SMILES string of the molecule is Cc1cccc(NC(=O)CCn2c(=O)c3cccn3c3ccc(F)cc32)c1. The summed E-state index contributed by atoms with van der Waals surface area (Å²) in [6.07, 6.45) is 1.88. The van der Waals surface area contributed by atoms with E-state index in [0.29, 0.717) is 16.7 Å². The Hall–Kier alpha value is -3.41. The van der Waals surface area contributed by atoms with Crippen LogP contribution in [0.1, 0.15) is 12.0 Å². The van der Waals surface area contributed by atoms with Gasteiger partial charge in [-0.05, 0) is 55.0 Å². The third kappa shape index (κ3) is 3.21. The van der Waals surface area contributed by atoms with E-state index >= 15 is 0 Å². The molecule has 2 aromatic heterocycles. The van der Waals surface area contributed by atoms with Gasteiger partial charge in [-0.3, -0.25) is 9.59 Å². The molecule has 5 nitrogen and oxygen atoms in total. The molecule has 4 aromatic rings. The molecule has 0 atom stereocenters. The smallest absolute Gasteiger partial charge is 0.275 e. The van der Waals surface area contributed by atoms with Crippen molar-refractivity contribution in [2.45, 2.75) is 19.9 Å². The maximum Gasteiger partial charge on any atom is 0.275 e. The number of rotatable bonds is 4. The molecule has 0 bridgehead atoms. The van der Waals surface area contributed by atoms with Crippen molar-refractivity contribution in [2.75, 3.05) is 5.32 Å². The van der Waals surface area contributed by atoms with Crippen LogP contribution in [-0.2, 0) is 11.3 Å². The molecule has 0 saturated heterocycles. The van der Waals surface area contributed by atoms with E-state index in [1.54, 1.807) is 28.8 Å². The first-order chi connectivity index (χ1) is 13.0. The predicted octanol–water partition coefficient (Wildman–Crippen LogP) is 3.73. The number of nitrogens with one attached hydrogen (secondary N) is 1. The second-order valence-corrected chi connectivity index (χ2v) is 6.52. The summed E-state index contributed by atoms with van der Waals surface area (Å²) in [6, 6.07) is 15.3. The highest BCUT2D eigenvalue weighted by molar-refractivity contribution is 5.90. The Balaban J connectivity index is 1.66. The minimum absolute atomic E-state index is 0.107. The quantitative estimate of drug-likeness (QED) is 0.601. The number of hydrogen-bond acceptors (Lipinski definition) is 2. The Labute approximate surface area is 154 Å². The van der Waals surface area contributed by atoms with Crippen LogP contribution >= 0.6 is 0 Å². The molecule has 136 valence electrons. The number of aryl methyl sites for hydroxylation is 2. The first-order valence-electron chi connectivity index (χ1n) is 8.68. The Kier molecular flexibility index (Phi) is 4.24. The maximum absolute atomic E-state index is 13.8. The lowest BCUT2D eigenvalue weighted by atomic mass is 10.2. The number of anilines is 1. The van der Waals surface area contributed by atoms with Gasteiger partial charge < -0.3 is 14.3 Å². The van der Waals surface area contributed by atoms with Gasteiger partial charge in [0.25, 0.3) is 5.56 Å². The average Bonchev–Trinajstić information content (AvgIpc) is 3.11. The highest BCUT2D eigenvalue weighted by Crippen LogP contribution is 2.17. The van der Waals surface area contributed by atoms with E-state index in [2.05, 4.69) is 5.32 Å². The van der Waals surface area contributed by atoms with Crippen LogP contribution in [0, 0.1) is 12.7 Å². The molecule has 0 radical (unpaired) electrons. The number of halogens is 1. The highest BCUT2D eigenvalue weighted by atomic mass is 19.1. The average molecular weight is 363 g/mol. The van der Waals surface area contributed by atoms with E-state index in [1.165, 1.54) is 16.7 Å². The van der Waals surface area contributed by atoms with Gasteiger partial charge in [0.1, 0.15) is 11.3 Å². The molecule has 0 aliphatic carbocycles. The first-order valence-corrected chi connectivity index (χ1v) is 8.68. The fraction of sp³-hybridized carbons (Fsp3) is 0.143. The Morgan fingerprint density at radius 2 is 1.89 bits per heavy atom. The van der Waals surface area contributed by atoms with Crippen molar-refractivity contribution < 1.29 is 9.18 Å². The highest BCUT2D eigenvalue weighted by Gasteiger charge is 2.13. The normalized spacial score (nSPS) is 11.2. The van der Waals surface area contributed by atoms with Crippen LogP contribution in [0.2, 0.25) is 0 Å². The summed E-state index contributed by atoms with van der Waals surface area (Å²) in [7, 11) is 0. The Morgan fingerprint density at radius 1 is 1.04 bits per heavy atom. The molecule has 1 amide bonds. The molecule has 0 saturated carbocycles. The van der Waals surface area contributed by atoms with Gasteiger partial charge in [-0.2, -0.15) is 0 Å². The van der Waals surface area contributed by atoms with Crippen molar-refractivity contribution in [1.29, 1.82) is 0 Å². The lowest BCUT2D eigenvalue weighted by Crippen LogP contribution is -2.25. The number of fused-ring (bicyclic) bond motifs is 3. The summed E-state index contributed by atoms with van der Waals surface area (Å²) in [5.41, 5.74) is 3.19. The predicted molar refractivity (Wildman–Crippen MR) is 104 cm³/mol. The van der Waals surface area contributed by atoms with E-state index in [-0.39, 0.29) is 24.4 Å². The summed E-state index contributed by atoms with van der Waals surface area (Å²) in [6.45, 7) is 2.11. The van der Waals surface area contributed by atoms with Crippen LogP contribution in [-0.4, -0.2) is 14.9 Å². The van der Waals surface area contributed by atoms with Crippen molar-refractivity contribution in [1.82, 2.24) is 8.97 Å². The van der Waals surface area contributed by atoms with E-state index in [4.69, 9.17) is 0 Å². The second kappa shape index (κ2) is 6.72. The van der Waals surface area contributed by atoms with Crippen LogP contribution in [0.25, 0.3) is 16.6 Å². The molecule has 1 N–H and O–H groups in total. The summed E-state index contributed by atoms with van der Waals surface area (Å²) < 4.78 is 17.0. The van der Waals surface area contributed by atoms with Gasteiger partial charge >= 0.3 is 0 Å². The summed E-state index contributed by atoms with van der Waals surface area (Å²) >= 11 is 0. The third-order valence-electron chi connectivity index (χ3n) is 4.57. The second-order valence-electron chi connectivity index (χ2n) is 6.52. The molecule has 2 heterocycles. The number of carbonyl (C=O) groups is 1. The standard InChI is InChI=1S/C21H18FN3O2/c1-14-4-2-5-16(12-14)23-20(26)9-11-25-19-13-15(22)7-8-17(19)24-10-3-6-18(24)21(25)27/h2-8,10,12-13H,9,11H2,1H3,(H,23,26).